The molecule has 0 aliphatic rings. The number of hydrogen-bond donors (Lipinski definition) is 1. The fourth-order valence-electron chi connectivity index (χ4n) is 1.72. The van der Waals surface area contributed by atoms with Crippen molar-refractivity contribution in [3.8, 4) is 11.8 Å². The van der Waals surface area contributed by atoms with E-state index in [2.05, 4.69) is 11.8 Å². The van der Waals surface area contributed by atoms with Gasteiger partial charge in [-0.1, -0.05) is 24.0 Å². The first-order valence-electron chi connectivity index (χ1n) is 6.45. The molecule has 0 saturated carbocycles. The molecule has 0 amide bonds. The average molecular weight is 304 g/mol. The molecule has 2 aromatic carbocycles. The molecule has 0 heterocycles. The Morgan fingerprint density at radius 1 is 1.05 bits per heavy atom. The molecule has 108 valence electrons. The van der Waals surface area contributed by atoms with Crippen LogP contribution in [-0.4, -0.2) is 11.7 Å². The van der Waals surface area contributed by atoms with Gasteiger partial charge in [0.15, 0.2) is 0 Å². The van der Waals surface area contributed by atoms with Crippen LogP contribution in [0.15, 0.2) is 47.4 Å². The number of aliphatic hydroxyl groups is 1. The lowest BCUT2D eigenvalue weighted by Crippen LogP contribution is -1.90. The zero-order chi connectivity index (χ0) is 15.1. The molecular formula is C17H14F2OS. The average Bonchev–Trinajstić information content (AvgIpc) is 2.47. The van der Waals surface area contributed by atoms with E-state index in [4.69, 9.17) is 5.11 Å². The van der Waals surface area contributed by atoms with Gasteiger partial charge in [-0.05, 0) is 35.9 Å². The highest BCUT2D eigenvalue weighted by Crippen LogP contribution is 2.25. The van der Waals surface area contributed by atoms with Crippen LogP contribution in [0, 0.1) is 23.5 Å². The van der Waals surface area contributed by atoms with E-state index in [-0.39, 0.29) is 18.2 Å². The molecule has 0 aromatic heterocycles. The first-order valence-corrected chi connectivity index (χ1v) is 7.44. The topological polar surface area (TPSA) is 20.2 Å². The molecule has 0 aliphatic heterocycles. The Bertz CT molecular complexity index is 674. The van der Waals surface area contributed by atoms with Crippen molar-refractivity contribution in [2.45, 2.75) is 17.1 Å². The third kappa shape index (κ3) is 4.89. The Hall–Kier alpha value is -1.83. The molecule has 0 bridgehead atoms. The Labute approximate surface area is 127 Å². The molecular weight excluding hydrogens is 290 g/mol. The third-order valence-electron chi connectivity index (χ3n) is 2.72. The zero-order valence-corrected chi connectivity index (χ0v) is 12.1. The Morgan fingerprint density at radius 2 is 1.86 bits per heavy atom. The van der Waals surface area contributed by atoms with Crippen LogP contribution in [0.2, 0.25) is 0 Å². The first-order chi connectivity index (χ1) is 10.2. The van der Waals surface area contributed by atoms with Gasteiger partial charge in [-0.15, -0.1) is 11.8 Å². The maximum atomic E-state index is 13.3. The lowest BCUT2D eigenvalue weighted by atomic mass is 10.1. The van der Waals surface area contributed by atoms with Crippen LogP contribution in [0.25, 0.3) is 0 Å². The second-order valence-corrected chi connectivity index (χ2v) is 5.37. The zero-order valence-electron chi connectivity index (χ0n) is 11.3. The van der Waals surface area contributed by atoms with Gasteiger partial charge in [-0.2, -0.15) is 0 Å². The van der Waals surface area contributed by atoms with Crippen molar-refractivity contribution in [3.63, 3.8) is 0 Å². The van der Waals surface area contributed by atoms with Crippen molar-refractivity contribution in [1.29, 1.82) is 0 Å². The maximum Gasteiger partial charge on any atom is 0.124 e. The molecule has 0 unspecified atom stereocenters. The fourth-order valence-corrected chi connectivity index (χ4v) is 2.67. The molecule has 2 rings (SSSR count). The molecule has 1 nitrogen and oxygen atoms in total. The summed E-state index contributed by atoms with van der Waals surface area (Å²) in [5.74, 6) is 5.61. The summed E-state index contributed by atoms with van der Waals surface area (Å²) in [5.41, 5.74) is 1.49. The lowest BCUT2D eigenvalue weighted by Gasteiger charge is -2.05. The van der Waals surface area contributed by atoms with E-state index >= 15 is 0 Å². The van der Waals surface area contributed by atoms with E-state index in [1.54, 1.807) is 12.1 Å². The summed E-state index contributed by atoms with van der Waals surface area (Å²) in [6.07, 6.45) is 0.354. The second kappa shape index (κ2) is 7.82. The van der Waals surface area contributed by atoms with Gasteiger partial charge < -0.3 is 5.11 Å². The second-order valence-electron chi connectivity index (χ2n) is 4.32. The normalized spacial score (nSPS) is 10.0. The quantitative estimate of drug-likeness (QED) is 0.681. The van der Waals surface area contributed by atoms with Crippen LogP contribution in [-0.2, 0) is 5.75 Å². The van der Waals surface area contributed by atoms with Crippen molar-refractivity contribution < 1.29 is 13.9 Å². The van der Waals surface area contributed by atoms with Gasteiger partial charge in [0.05, 0.1) is 6.61 Å². The summed E-state index contributed by atoms with van der Waals surface area (Å²) >= 11 is 1.47. The Kier molecular flexibility index (Phi) is 5.79. The van der Waals surface area contributed by atoms with Gasteiger partial charge in [-0.25, -0.2) is 8.78 Å². The minimum absolute atomic E-state index is 0.0182. The van der Waals surface area contributed by atoms with Gasteiger partial charge in [0.1, 0.15) is 11.6 Å². The van der Waals surface area contributed by atoms with Crippen LogP contribution in [0.3, 0.4) is 0 Å². The van der Waals surface area contributed by atoms with Gasteiger partial charge in [0.2, 0.25) is 0 Å². The molecule has 21 heavy (non-hydrogen) atoms. The molecule has 2 aromatic rings. The van der Waals surface area contributed by atoms with Gasteiger partial charge in [0, 0.05) is 22.6 Å². The SMILES string of the molecule is OCCC#Cc1cc(F)ccc1CSc1cccc(F)c1. The highest BCUT2D eigenvalue weighted by atomic mass is 32.2. The third-order valence-corrected chi connectivity index (χ3v) is 3.76. The van der Waals surface area contributed by atoms with Crippen molar-refractivity contribution in [2.24, 2.45) is 0 Å². The Balaban J connectivity index is 2.14. The lowest BCUT2D eigenvalue weighted by molar-refractivity contribution is 0.305. The molecule has 0 saturated heterocycles. The number of thioether (sulfide) groups is 1. The predicted octanol–water partition coefficient (Wildman–Crippen LogP) is 3.99. The molecule has 1 N–H and O–H groups in total. The smallest absolute Gasteiger partial charge is 0.124 e. The minimum atomic E-state index is -0.345. The molecule has 0 atom stereocenters. The number of aliphatic hydroxyl groups excluding tert-OH is 1. The summed E-state index contributed by atoms with van der Waals surface area (Å²) in [5, 5.41) is 8.73. The van der Waals surface area contributed by atoms with Crippen molar-refractivity contribution in [1.82, 2.24) is 0 Å². The highest BCUT2D eigenvalue weighted by molar-refractivity contribution is 7.98. The molecule has 4 heteroatoms. The van der Waals surface area contributed by atoms with E-state index in [1.807, 2.05) is 6.07 Å². The van der Waals surface area contributed by atoms with E-state index < -0.39 is 0 Å². The van der Waals surface area contributed by atoms with Crippen LogP contribution in [0.5, 0.6) is 0 Å². The van der Waals surface area contributed by atoms with Crippen LogP contribution in [0.1, 0.15) is 17.5 Å². The number of hydrogen-bond acceptors (Lipinski definition) is 2. The minimum Gasteiger partial charge on any atom is -0.395 e. The standard InChI is InChI=1S/C17H14F2OS/c18-15-5-3-6-17(11-15)21-12-14-7-8-16(19)10-13(14)4-1-2-9-20/h3,5-8,10-11,20H,2,9,12H2. The maximum absolute atomic E-state index is 13.3. The molecule has 0 fully saturated rings. The van der Waals surface area contributed by atoms with E-state index in [9.17, 15) is 8.78 Å². The number of benzene rings is 2. The predicted molar refractivity (Wildman–Crippen MR) is 80.9 cm³/mol. The number of halogens is 2. The molecule has 0 radical (unpaired) electrons. The summed E-state index contributed by atoms with van der Waals surface area (Å²) < 4.78 is 26.4. The van der Waals surface area contributed by atoms with Gasteiger partial charge in [-0.3, -0.25) is 0 Å². The monoisotopic (exact) mass is 304 g/mol. The molecule has 0 spiro atoms. The Morgan fingerprint density at radius 3 is 2.62 bits per heavy atom. The summed E-state index contributed by atoms with van der Waals surface area (Å²) in [6, 6.07) is 10.8. The van der Waals surface area contributed by atoms with E-state index in [1.165, 1.54) is 36.0 Å². The van der Waals surface area contributed by atoms with Crippen molar-refractivity contribution in [2.75, 3.05) is 6.61 Å². The van der Waals surface area contributed by atoms with E-state index in [0.717, 1.165) is 10.5 Å². The molecule has 0 aliphatic carbocycles. The van der Waals surface area contributed by atoms with Crippen LogP contribution >= 0.6 is 11.8 Å². The summed E-state index contributed by atoms with van der Waals surface area (Å²) in [4.78, 5) is 0.814. The highest BCUT2D eigenvalue weighted by Gasteiger charge is 2.04. The van der Waals surface area contributed by atoms with Crippen molar-refractivity contribution in [3.05, 3.63) is 65.2 Å². The van der Waals surface area contributed by atoms with Gasteiger partial charge >= 0.3 is 0 Å². The summed E-state index contributed by atoms with van der Waals surface area (Å²) in [7, 11) is 0. The van der Waals surface area contributed by atoms with Crippen LogP contribution < -0.4 is 0 Å². The van der Waals surface area contributed by atoms with Crippen molar-refractivity contribution >= 4 is 11.8 Å². The first kappa shape index (κ1) is 15.6. The largest absolute Gasteiger partial charge is 0.395 e. The number of rotatable bonds is 4. The van der Waals surface area contributed by atoms with E-state index in [0.29, 0.717) is 17.7 Å². The fraction of sp³-hybridized carbons (Fsp3) is 0.176. The summed E-state index contributed by atoms with van der Waals surface area (Å²) in [6.45, 7) is -0.0182. The van der Waals surface area contributed by atoms with Crippen LogP contribution in [0.4, 0.5) is 8.78 Å². The van der Waals surface area contributed by atoms with Gasteiger partial charge in [0.25, 0.3) is 0 Å².